The van der Waals surface area contributed by atoms with Crippen molar-refractivity contribution in [1.29, 1.82) is 0 Å². The lowest BCUT2D eigenvalue weighted by Gasteiger charge is -2.04. The average molecular weight is 161 g/mol. The van der Waals surface area contributed by atoms with E-state index in [1.807, 2.05) is 0 Å². The first-order valence-electron chi connectivity index (χ1n) is 3.12. The maximum absolute atomic E-state index is 11.6. The van der Waals surface area contributed by atoms with Crippen LogP contribution in [0.1, 0.15) is 6.92 Å². The first-order chi connectivity index (χ1) is 5.24. The average Bonchev–Trinajstić information content (AvgIpc) is 2.34. The molecule has 0 N–H and O–H groups in total. The van der Waals surface area contributed by atoms with Crippen LogP contribution in [0.3, 0.4) is 0 Å². The van der Waals surface area contributed by atoms with Crippen LogP contribution in [0.15, 0.2) is 6.07 Å². The fourth-order valence-electron chi connectivity index (χ4n) is 0.690. The van der Waals surface area contributed by atoms with Crippen LogP contribution in [-0.4, -0.2) is 16.4 Å². The van der Waals surface area contributed by atoms with E-state index in [2.05, 4.69) is 16.0 Å². The van der Waals surface area contributed by atoms with Gasteiger partial charge in [-0.2, -0.15) is 13.9 Å². The van der Waals surface area contributed by atoms with Gasteiger partial charge in [0.25, 0.3) is 0 Å². The molecule has 0 spiro atoms. The molecule has 0 aliphatic heterocycles. The number of aromatic nitrogens is 2. The summed E-state index contributed by atoms with van der Waals surface area (Å²) in [7, 11) is 0. The molecule has 0 bridgehead atoms. The molecule has 0 atom stereocenters. The van der Waals surface area contributed by atoms with Crippen LogP contribution < -0.4 is 4.74 Å². The molecule has 1 heterocycles. The Morgan fingerprint density at radius 3 is 3.09 bits per heavy atom. The van der Waals surface area contributed by atoms with Crippen LogP contribution in [0.4, 0.5) is 8.78 Å². The van der Waals surface area contributed by atoms with Gasteiger partial charge in [-0.1, -0.05) is 0 Å². The Morgan fingerprint density at radius 2 is 2.55 bits per heavy atom. The maximum Gasteiger partial charge on any atom is 0.388 e. The van der Waals surface area contributed by atoms with Crippen LogP contribution in [0.5, 0.6) is 5.88 Å². The molecule has 0 aromatic carbocycles. The van der Waals surface area contributed by atoms with E-state index in [0.29, 0.717) is 6.54 Å². The summed E-state index contributed by atoms with van der Waals surface area (Å²) in [6.07, 6.45) is 2.41. The molecule has 3 nitrogen and oxygen atoms in total. The molecule has 1 rings (SSSR count). The van der Waals surface area contributed by atoms with Crippen LogP contribution in [0, 0.1) is 6.20 Å². The number of aryl methyl sites for hydroxylation is 1. The highest BCUT2D eigenvalue weighted by Gasteiger charge is 2.07. The van der Waals surface area contributed by atoms with Crippen LogP contribution in [0.25, 0.3) is 0 Å². The van der Waals surface area contributed by atoms with Gasteiger partial charge in [0.2, 0.25) is 5.88 Å². The van der Waals surface area contributed by atoms with Gasteiger partial charge in [-0.15, -0.1) is 0 Å². The maximum atomic E-state index is 11.6. The lowest BCUT2D eigenvalue weighted by Crippen LogP contribution is -2.07. The van der Waals surface area contributed by atoms with Crippen molar-refractivity contribution in [1.82, 2.24) is 9.78 Å². The second-order valence-corrected chi connectivity index (χ2v) is 1.81. The fourth-order valence-corrected chi connectivity index (χ4v) is 0.690. The summed E-state index contributed by atoms with van der Waals surface area (Å²) in [6.45, 7) is -0.532. The third kappa shape index (κ3) is 1.89. The molecule has 0 amide bonds. The summed E-state index contributed by atoms with van der Waals surface area (Å²) in [5.74, 6) is 0.0440. The van der Waals surface area contributed by atoms with E-state index in [1.165, 1.54) is 10.7 Å². The number of ether oxygens (including phenoxy) is 1. The predicted octanol–water partition coefficient (Wildman–Crippen LogP) is 1.30. The number of halogens is 2. The lowest BCUT2D eigenvalue weighted by molar-refractivity contribution is -0.0557. The van der Waals surface area contributed by atoms with Crippen molar-refractivity contribution in [3.63, 3.8) is 0 Å². The first-order valence-corrected chi connectivity index (χ1v) is 3.12. The number of nitrogens with zero attached hydrogens (tertiary/aromatic N) is 2. The zero-order chi connectivity index (χ0) is 8.27. The second kappa shape index (κ2) is 3.32. The third-order valence-corrected chi connectivity index (χ3v) is 1.13. The van der Waals surface area contributed by atoms with E-state index in [0.717, 1.165) is 0 Å². The number of alkyl halides is 2. The highest BCUT2D eigenvalue weighted by molar-refractivity contribution is 5.06. The highest BCUT2D eigenvalue weighted by atomic mass is 19.3. The van der Waals surface area contributed by atoms with Crippen molar-refractivity contribution in [3.05, 3.63) is 12.3 Å². The Morgan fingerprint density at radius 1 is 1.82 bits per heavy atom. The highest BCUT2D eigenvalue weighted by Crippen LogP contribution is 2.11. The van der Waals surface area contributed by atoms with E-state index >= 15 is 0 Å². The van der Waals surface area contributed by atoms with Crippen molar-refractivity contribution in [3.8, 4) is 5.88 Å². The molecule has 1 aromatic heterocycles. The Hall–Kier alpha value is -1.13. The monoisotopic (exact) mass is 161 g/mol. The predicted molar refractivity (Wildman–Crippen MR) is 33.4 cm³/mol. The number of hydrogen-bond acceptors (Lipinski definition) is 2. The summed E-state index contributed by atoms with van der Waals surface area (Å²) >= 11 is 0. The molecule has 5 heteroatoms. The number of hydrogen-bond donors (Lipinski definition) is 0. The van der Waals surface area contributed by atoms with Crippen LogP contribution in [-0.2, 0) is 6.54 Å². The van der Waals surface area contributed by atoms with Crippen LogP contribution in [0.2, 0.25) is 0 Å². The standard InChI is InChI=1S/C6H7F2N2O/c1-2-10-5(3-4-9-10)11-6(7)8/h3,6H,2H2,1H3. The fraction of sp³-hybridized carbons (Fsp3) is 0.500. The zero-order valence-corrected chi connectivity index (χ0v) is 5.92. The number of rotatable bonds is 3. The van der Waals surface area contributed by atoms with Crippen LogP contribution >= 0.6 is 0 Å². The molecule has 61 valence electrons. The van der Waals surface area contributed by atoms with Gasteiger partial charge in [0.15, 0.2) is 0 Å². The Labute approximate surface area is 62.6 Å². The van der Waals surface area contributed by atoms with E-state index in [9.17, 15) is 8.78 Å². The van der Waals surface area contributed by atoms with Gasteiger partial charge in [-0.05, 0) is 6.92 Å². The van der Waals surface area contributed by atoms with Crippen molar-refractivity contribution in [2.45, 2.75) is 20.1 Å². The van der Waals surface area contributed by atoms with E-state index in [4.69, 9.17) is 0 Å². The molecular weight excluding hydrogens is 154 g/mol. The summed E-state index contributed by atoms with van der Waals surface area (Å²) in [6, 6.07) is 1.27. The molecule has 0 fully saturated rings. The van der Waals surface area contributed by atoms with Crippen molar-refractivity contribution >= 4 is 0 Å². The largest absolute Gasteiger partial charge is 0.417 e. The summed E-state index contributed by atoms with van der Waals surface area (Å²) < 4.78 is 28.7. The SMILES string of the molecule is CCn1n[c]cc1OC(F)F. The molecule has 0 unspecified atom stereocenters. The minimum atomic E-state index is -2.80. The molecular formula is C6H7F2N2O. The van der Waals surface area contributed by atoms with Gasteiger partial charge in [0.1, 0.15) is 6.20 Å². The zero-order valence-electron chi connectivity index (χ0n) is 5.92. The quantitative estimate of drug-likeness (QED) is 0.668. The van der Waals surface area contributed by atoms with Gasteiger partial charge < -0.3 is 4.74 Å². The van der Waals surface area contributed by atoms with Crippen molar-refractivity contribution in [2.75, 3.05) is 0 Å². The van der Waals surface area contributed by atoms with Gasteiger partial charge in [0.05, 0.1) is 0 Å². The molecule has 0 saturated carbocycles. The second-order valence-electron chi connectivity index (χ2n) is 1.81. The van der Waals surface area contributed by atoms with E-state index in [-0.39, 0.29) is 5.88 Å². The van der Waals surface area contributed by atoms with E-state index in [1.54, 1.807) is 6.92 Å². The topological polar surface area (TPSA) is 27.1 Å². The lowest BCUT2D eigenvalue weighted by atomic mass is 10.6. The molecule has 0 saturated heterocycles. The summed E-state index contributed by atoms with van der Waals surface area (Å²) in [5.41, 5.74) is 0. The normalized spacial score (nSPS) is 10.5. The molecule has 0 aliphatic carbocycles. The smallest absolute Gasteiger partial charge is 0.388 e. The Kier molecular flexibility index (Phi) is 2.40. The molecule has 1 radical (unpaired) electrons. The Bertz CT molecular complexity index is 224. The van der Waals surface area contributed by atoms with Crippen molar-refractivity contribution < 1.29 is 13.5 Å². The molecule has 0 aliphatic rings. The Balaban J connectivity index is 2.68. The van der Waals surface area contributed by atoms with E-state index < -0.39 is 6.61 Å². The van der Waals surface area contributed by atoms with Gasteiger partial charge in [-0.25, -0.2) is 4.68 Å². The van der Waals surface area contributed by atoms with Gasteiger partial charge in [0, 0.05) is 12.6 Å². The minimum absolute atomic E-state index is 0.0440. The van der Waals surface area contributed by atoms with Gasteiger partial charge >= 0.3 is 6.61 Å². The minimum Gasteiger partial charge on any atom is -0.417 e. The van der Waals surface area contributed by atoms with Gasteiger partial charge in [-0.3, -0.25) is 0 Å². The summed E-state index contributed by atoms with van der Waals surface area (Å²) in [5, 5.41) is 3.62. The molecule has 1 aromatic rings. The summed E-state index contributed by atoms with van der Waals surface area (Å²) in [4.78, 5) is 0. The van der Waals surface area contributed by atoms with Crippen molar-refractivity contribution in [2.24, 2.45) is 0 Å². The first kappa shape index (κ1) is 7.97. The third-order valence-electron chi connectivity index (χ3n) is 1.13. The molecule has 11 heavy (non-hydrogen) atoms.